The molecule has 0 unspecified atom stereocenters. The molecule has 0 radical (unpaired) electrons. The number of carbonyl (C=O) groups is 1. The largest absolute Gasteiger partial charge is 0.504 e. The van der Waals surface area contributed by atoms with Crippen molar-refractivity contribution in [2.75, 3.05) is 7.11 Å². The van der Waals surface area contributed by atoms with Gasteiger partial charge in [-0.25, -0.2) is 8.42 Å². The van der Waals surface area contributed by atoms with E-state index in [9.17, 15) is 23.4 Å². The molecule has 0 bridgehead atoms. The molecule has 8 heteroatoms. The summed E-state index contributed by atoms with van der Waals surface area (Å²) in [5, 5.41) is 18.8. The number of methoxy groups -OCH3 is 1. The molecule has 0 atom stereocenters. The minimum Gasteiger partial charge on any atom is -0.504 e. The van der Waals surface area contributed by atoms with Crippen molar-refractivity contribution in [1.29, 1.82) is 0 Å². The van der Waals surface area contributed by atoms with Crippen LogP contribution in [0, 0.1) is 0 Å². The van der Waals surface area contributed by atoms with Gasteiger partial charge in [0.2, 0.25) is 0 Å². The van der Waals surface area contributed by atoms with Crippen molar-refractivity contribution >= 4 is 21.8 Å². The monoisotopic (exact) mass is 363 g/mol. The van der Waals surface area contributed by atoms with Crippen molar-refractivity contribution in [2.45, 2.75) is 5.75 Å². The fraction of sp³-hybridized carbons (Fsp3) is 0.118. The quantitative estimate of drug-likeness (QED) is 0.528. The fourth-order valence-corrected chi connectivity index (χ4v) is 3.52. The second-order valence-corrected chi connectivity index (χ2v) is 7.19. The number of ether oxygens (including phenoxy) is 1. The molecule has 0 saturated heterocycles. The van der Waals surface area contributed by atoms with Crippen LogP contribution < -0.4 is 10.5 Å². The highest BCUT2D eigenvalue weighted by molar-refractivity contribution is 7.95. The molecule has 0 aromatic heterocycles. The van der Waals surface area contributed by atoms with E-state index in [1.165, 1.54) is 19.2 Å². The molecule has 4 N–H and O–H groups in total. The van der Waals surface area contributed by atoms with Gasteiger partial charge in [-0.1, -0.05) is 18.2 Å². The number of phenolic OH excluding ortho intramolecular Hbond substituents is 2. The van der Waals surface area contributed by atoms with Gasteiger partial charge < -0.3 is 20.7 Å². The summed E-state index contributed by atoms with van der Waals surface area (Å²) in [6.07, 6.45) is 1.06. The Morgan fingerprint density at radius 3 is 2.28 bits per heavy atom. The van der Waals surface area contributed by atoms with Gasteiger partial charge in [0.1, 0.15) is 10.7 Å². The zero-order valence-corrected chi connectivity index (χ0v) is 14.2. The molecular formula is C17H17NO6S. The number of primary amides is 1. The smallest absolute Gasteiger partial charge is 0.260 e. The summed E-state index contributed by atoms with van der Waals surface area (Å²) in [6, 6.07) is 10.0. The van der Waals surface area contributed by atoms with Crippen LogP contribution in [-0.4, -0.2) is 31.6 Å². The summed E-state index contributed by atoms with van der Waals surface area (Å²) in [6.45, 7) is 0. The third-order valence-electron chi connectivity index (χ3n) is 3.39. The van der Waals surface area contributed by atoms with Crippen molar-refractivity contribution in [3.8, 4) is 17.2 Å². The van der Waals surface area contributed by atoms with E-state index in [0.717, 1.165) is 12.1 Å². The van der Waals surface area contributed by atoms with E-state index in [4.69, 9.17) is 10.5 Å². The molecule has 0 spiro atoms. The maximum absolute atomic E-state index is 12.5. The van der Waals surface area contributed by atoms with Crippen molar-refractivity contribution in [3.63, 3.8) is 0 Å². The summed E-state index contributed by atoms with van der Waals surface area (Å²) in [5.41, 5.74) is 5.89. The van der Waals surface area contributed by atoms with E-state index in [1.54, 1.807) is 24.3 Å². The van der Waals surface area contributed by atoms with Gasteiger partial charge in [0.25, 0.3) is 5.91 Å². The number of rotatable bonds is 6. The van der Waals surface area contributed by atoms with Gasteiger partial charge >= 0.3 is 0 Å². The molecule has 0 aliphatic rings. The average molecular weight is 363 g/mol. The van der Waals surface area contributed by atoms with E-state index in [0.29, 0.717) is 11.3 Å². The van der Waals surface area contributed by atoms with E-state index in [-0.39, 0.29) is 11.3 Å². The number of hydrogen-bond acceptors (Lipinski definition) is 6. The number of sulfone groups is 1. The van der Waals surface area contributed by atoms with E-state index < -0.39 is 32.2 Å². The lowest BCUT2D eigenvalue weighted by Gasteiger charge is -2.08. The highest BCUT2D eigenvalue weighted by atomic mass is 32.2. The first kappa shape index (κ1) is 18.3. The van der Waals surface area contributed by atoms with E-state index >= 15 is 0 Å². The Balaban J connectivity index is 2.38. The van der Waals surface area contributed by atoms with E-state index in [2.05, 4.69) is 0 Å². The maximum Gasteiger partial charge on any atom is 0.260 e. The first-order valence-electron chi connectivity index (χ1n) is 7.12. The van der Waals surface area contributed by atoms with Gasteiger partial charge in [0.15, 0.2) is 21.3 Å². The van der Waals surface area contributed by atoms with Crippen LogP contribution in [0.25, 0.3) is 6.08 Å². The standard InChI is InChI=1S/C17H17NO6S/c1-24-13-5-2-11(3-6-13)10-25(22,23)16(17(18)21)9-12-4-7-14(19)15(20)8-12/h2-9,19-20H,10H2,1H3,(H2,18,21)/b16-9+. The normalized spacial score (nSPS) is 12.0. The first-order valence-corrected chi connectivity index (χ1v) is 8.77. The summed E-state index contributed by atoms with van der Waals surface area (Å²) in [4.78, 5) is 11.0. The number of phenols is 2. The summed E-state index contributed by atoms with van der Waals surface area (Å²) >= 11 is 0. The van der Waals surface area contributed by atoms with Crippen molar-refractivity contribution in [3.05, 3.63) is 58.5 Å². The third kappa shape index (κ3) is 4.51. The summed E-state index contributed by atoms with van der Waals surface area (Å²) < 4.78 is 30.1. The van der Waals surface area contributed by atoms with Crippen LogP contribution in [0.1, 0.15) is 11.1 Å². The molecule has 132 valence electrons. The van der Waals surface area contributed by atoms with Crippen LogP contribution in [0.2, 0.25) is 0 Å². The lowest BCUT2D eigenvalue weighted by atomic mass is 10.2. The first-order chi connectivity index (χ1) is 11.7. The molecule has 2 aromatic carbocycles. The molecule has 0 fully saturated rings. The second-order valence-electron chi connectivity index (χ2n) is 5.23. The molecule has 7 nitrogen and oxygen atoms in total. The Labute approximate surface area is 144 Å². The van der Waals surface area contributed by atoms with Crippen molar-refractivity contribution < 1.29 is 28.2 Å². The third-order valence-corrected chi connectivity index (χ3v) is 5.09. The number of aromatic hydroxyl groups is 2. The van der Waals surface area contributed by atoms with Crippen LogP contribution in [0.15, 0.2) is 47.4 Å². The predicted molar refractivity (Wildman–Crippen MR) is 92.6 cm³/mol. The van der Waals surface area contributed by atoms with Crippen LogP contribution in [-0.2, 0) is 20.4 Å². The van der Waals surface area contributed by atoms with Crippen LogP contribution in [0.3, 0.4) is 0 Å². The molecule has 25 heavy (non-hydrogen) atoms. The molecule has 0 aliphatic carbocycles. The number of nitrogens with two attached hydrogens (primary N) is 1. The number of hydrogen-bond donors (Lipinski definition) is 3. The minimum atomic E-state index is -4.01. The Hall–Kier alpha value is -3.00. The fourth-order valence-electron chi connectivity index (χ4n) is 2.11. The van der Waals surface area contributed by atoms with Gasteiger partial charge in [-0.05, 0) is 41.5 Å². The van der Waals surface area contributed by atoms with Crippen LogP contribution in [0.5, 0.6) is 17.2 Å². The van der Waals surface area contributed by atoms with E-state index in [1.807, 2.05) is 0 Å². The zero-order chi connectivity index (χ0) is 18.6. The number of benzene rings is 2. The average Bonchev–Trinajstić information content (AvgIpc) is 2.55. The van der Waals surface area contributed by atoms with Crippen molar-refractivity contribution in [2.24, 2.45) is 5.73 Å². The number of amides is 1. The predicted octanol–water partition coefficient (Wildman–Crippen LogP) is 1.55. The Kier molecular flexibility index (Phi) is 5.33. The maximum atomic E-state index is 12.5. The second kappa shape index (κ2) is 7.27. The molecular weight excluding hydrogens is 346 g/mol. The van der Waals surface area contributed by atoms with Gasteiger partial charge in [-0.3, -0.25) is 4.79 Å². The summed E-state index contributed by atoms with van der Waals surface area (Å²) in [7, 11) is -2.52. The molecule has 0 heterocycles. The van der Waals surface area contributed by atoms with Crippen molar-refractivity contribution in [1.82, 2.24) is 0 Å². The van der Waals surface area contributed by atoms with Crippen LogP contribution >= 0.6 is 0 Å². The highest BCUT2D eigenvalue weighted by Gasteiger charge is 2.23. The van der Waals surface area contributed by atoms with Gasteiger partial charge in [-0.2, -0.15) is 0 Å². The Morgan fingerprint density at radius 2 is 1.76 bits per heavy atom. The highest BCUT2D eigenvalue weighted by Crippen LogP contribution is 2.27. The Bertz CT molecular complexity index is 917. The molecule has 2 rings (SSSR count). The van der Waals surface area contributed by atoms with Gasteiger partial charge in [0.05, 0.1) is 12.9 Å². The molecule has 0 aliphatic heterocycles. The lowest BCUT2D eigenvalue weighted by Crippen LogP contribution is -2.22. The lowest BCUT2D eigenvalue weighted by molar-refractivity contribution is -0.113. The van der Waals surface area contributed by atoms with Crippen LogP contribution in [0.4, 0.5) is 0 Å². The summed E-state index contributed by atoms with van der Waals surface area (Å²) in [5.74, 6) is -1.76. The topological polar surface area (TPSA) is 127 Å². The van der Waals surface area contributed by atoms with Gasteiger partial charge in [-0.15, -0.1) is 0 Å². The SMILES string of the molecule is COc1ccc(CS(=O)(=O)/C(=C/c2ccc(O)c(O)c2)C(N)=O)cc1. The molecule has 1 amide bonds. The number of carbonyl (C=O) groups excluding carboxylic acids is 1. The minimum absolute atomic E-state index is 0.211. The molecule has 0 saturated carbocycles. The van der Waals surface area contributed by atoms with Gasteiger partial charge in [0, 0.05) is 0 Å². The Morgan fingerprint density at radius 1 is 1.12 bits per heavy atom. The molecule has 2 aromatic rings. The zero-order valence-electron chi connectivity index (χ0n) is 13.3.